The van der Waals surface area contributed by atoms with E-state index in [0.717, 1.165) is 17.2 Å². The molecule has 5 heteroatoms. The minimum Gasteiger partial charge on any atom is -0.335 e. The van der Waals surface area contributed by atoms with Gasteiger partial charge in [-0.3, -0.25) is 5.32 Å². The van der Waals surface area contributed by atoms with Crippen LogP contribution >= 0.6 is 11.3 Å². The number of hydrogen-bond donors (Lipinski definition) is 2. The van der Waals surface area contributed by atoms with Crippen LogP contribution in [0.1, 0.15) is 57.1 Å². The summed E-state index contributed by atoms with van der Waals surface area (Å²) in [5.74, 6) is 1.23. The first-order valence-electron chi connectivity index (χ1n) is 7.25. The highest BCUT2D eigenvalue weighted by Gasteiger charge is 2.27. The quantitative estimate of drug-likeness (QED) is 0.886. The van der Waals surface area contributed by atoms with E-state index in [2.05, 4.69) is 27.9 Å². The molecular weight excluding hydrogens is 258 g/mol. The molecule has 2 atom stereocenters. The van der Waals surface area contributed by atoms with E-state index in [4.69, 9.17) is 0 Å². The number of hydrogen-bond acceptors (Lipinski definition) is 3. The Hall–Kier alpha value is -1.10. The van der Waals surface area contributed by atoms with Crippen LogP contribution in [0.5, 0.6) is 0 Å². The lowest BCUT2D eigenvalue weighted by molar-refractivity contribution is 0.232. The number of carbonyl (C=O) groups is 1. The van der Waals surface area contributed by atoms with Gasteiger partial charge in [-0.25, -0.2) is 9.78 Å². The van der Waals surface area contributed by atoms with Crippen molar-refractivity contribution in [2.24, 2.45) is 5.92 Å². The molecule has 0 aromatic carbocycles. The first-order valence-corrected chi connectivity index (χ1v) is 8.13. The van der Waals surface area contributed by atoms with Gasteiger partial charge in [0.05, 0.1) is 5.69 Å². The predicted molar refractivity (Wildman–Crippen MR) is 77.7 cm³/mol. The number of anilines is 1. The van der Waals surface area contributed by atoms with Crippen molar-refractivity contribution in [1.29, 1.82) is 0 Å². The summed E-state index contributed by atoms with van der Waals surface area (Å²) in [5.41, 5.74) is 1.14. The third kappa shape index (κ3) is 3.26. The smallest absolute Gasteiger partial charge is 0.321 e. The van der Waals surface area contributed by atoms with Crippen LogP contribution in [0.3, 0.4) is 0 Å². The van der Waals surface area contributed by atoms with Crippen LogP contribution in [0.15, 0.2) is 5.38 Å². The topological polar surface area (TPSA) is 54.0 Å². The molecule has 0 bridgehead atoms. The Balaban J connectivity index is 1.52. The van der Waals surface area contributed by atoms with Crippen LogP contribution in [0.2, 0.25) is 0 Å². The number of nitrogens with zero attached hydrogens (tertiary/aromatic N) is 1. The minimum atomic E-state index is -0.101. The van der Waals surface area contributed by atoms with Gasteiger partial charge in [-0.2, -0.15) is 0 Å². The van der Waals surface area contributed by atoms with Gasteiger partial charge in [0.15, 0.2) is 5.13 Å². The van der Waals surface area contributed by atoms with Crippen molar-refractivity contribution in [2.75, 3.05) is 5.32 Å². The van der Waals surface area contributed by atoms with E-state index >= 15 is 0 Å². The normalized spacial score (nSPS) is 27.0. The summed E-state index contributed by atoms with van der Waals surface area (Å²) in [6, 6.07) is 0.215. The van der Waals surface area contributed by atoms with Crippen LogP contribution in [0.25, 0.3) is 0 Å². The first-order chi connectivity index (χ1) is 9.22. The molecule has 0 aliphatic heterocycles. The maximum absolute atomic E-state index is 12.0. The molecule has 3 rings (SSSR count). The van der Waals surface area contributed by atoms with Gasteiger partial charge in [-0.1, -0.05) is 19.8 Å². The lowest BCUT2D eigenvalue weighted by atomic mass is 9.86. The number of rotatable bonds is 3. The van der Waals surface area contributed by atoms with Gasteiger partial charge in [-0.05, 0) is 31.6 Å². The highest BCUT2D eigenvalue weighted by molar-refractivity contribution is 7.13. The van der Waals surface area contributed by atoms with E-state index in [1.165, 1.54) is 43.4 Å². The zero-order valence-electron chi connectivity index (χ0n) is 11.3. The molecule has 104 valence electrons. The summed E-state index contributed by atoms with van der Waals surface area (Å²) in [5, 5.41) is 8.75. The van der Waals surface area contributed by atoms with Crippen molar-refractivity contribution in [3.63, 3.8) is 0 Å². The highest BCUT2D eigenvalue weighted by Crippen LogP contribution is 2.40. The summed E-state index contributed by atoms with van der Waals surface area (Å²) in [6.45, 7) is 2.22. The van der Waals surface area contributed by atoms with Crippen LogP contribution < -0.4 is 10.6 Å². The molecule has 2 N–H and O–H groups in total. The van der Waals surface area contributed by atoms with Crippen molar-refractivity contribution in [2.45, 2.75) is 57.4 Å². The molecule has 1 aromatic rings. The van der Waals surface area contributed by atoms with E-state index in [9.17, 15) is 4.79 Å². The summed E-state index contributed by atoms with van der Waals surface area (Å²) in [7, 11) is 0. The molecule has 19 heavy (non-hydrogen) atoms. The fourth-order valence-corrected chi connectivity index (χ4v) is 3.53. The van der Waals surface area contributed by atoms with E-state index in [-0.39, 0.29) is 6.03 Å². The predicted octanol–water partition coefficient (Wildman–Crippen LogP) is 3.72. The molecule has 2 amide bonds. The molecule has 2 fully saturated rings. The lowest BCUT2D eigenvalue weighted by Gasteiger charge is -2.29. The molecule has 2 unspecified atom stereocenters. The molecule has 0 radical (unpaired) electrons. The first kappa shape index (κ1) is 12.9. The summed E-state index contributed by atoms with van der Waals surface area (Å²) >= 11 is 1.53. The van der Waals surface area contributed by atoms with E-state index in [0.29, 0.717) is 17.9 Å². The zero-order valence-corrected chi connectivity index (χ0v) is 12.1. The maximum Gasteiger partial charge on any atom is 0.321 e. The van der Waals surface area contributed by atoms with Gasteiger partial charge in [-0.15, -0.1) is 11.3 Å². The van der Waals surface area contributed by atoms with Crippen LogP contribution in [0.4, 0.5) is 9.93 Å². The van der Waals surface area contributed by atoms with Gasteiger partial charge in [0.25, 0.3) is 0 Å². The summed E-state index contributed by atoms with van der Waals surface area (Å²) < 4.78 is 0. The fourth-order valence-electron chi connectivity index (χ4n) is 2.74. The Morgan fingerprint density at radius 3 is 2.84 bits per heavy atom. The minimum absolute atomic E-state index is 0.101. The Morgan fingerprint density at radius 2 is 2.11 bits per heavy atom. The average molecular weight is 279 g/mol. The summed E-state index contributed by atoms with van der Waals surface area (Å²) in [4.78, 5) is 16.4. The number of aromatic nitrogens is 1. The molecule has 2 aliphatic carbocycles. The Morgan fingerprint density at radius 1 is 1.32 bits per heavy atom. The largest absolute Gasteiger partial charge is 0.335 e. The number of amides is 2. The van der Waals surface area contributed by atoms with Crippen molar-refractivity contribution < 1.29 is 4.79 Å². The Labute approximate surface area is 118 Å². The monoisotopic (exact) mass is 279 g/mol. The number of carbonyl (C=O) groups excluding carboxylic acids is 1. The second-order valence-electron chi connectivity index (χ2n) is 5.82. The Bertz CT molecular complexity index is 455. The van der Waals surface area contributed by atoms with Gasteiger partial charge in [0.2, 0.25) is 0 Å². The maximum atomic E-state index is 12.0. The average Bonchev–Trinajstić information content (AvgIpc) is 3.14. The van der Waals surface area contributed by atoms with E-state index in [1.807, 2.05) is 0 Å². The third-order valence-corrected chi connectivity index (χ3v) is 4.94. The highest BCUT2D eigenvalue weighted by atomic mass is 32.1. The lowest BCUT2D eigenvalue weighted by Crippen LogP contribution is -2.43. The molecule has 2 aliphatic rings. The third-order valence-electron chi connectivity index (χ3n) is 4.17. The summed E-state index contributed by atoms with van der Waals surface area (Å²) in [6.07, 6.45) is 7.31. The van der Waals surface area contributed by atoms with Crippen molar-refractivity contribution in [3.05, 3.63) is 11.1 Å². The standard InChI is InChI=1S/C14H21N3OS/c1-9-4-2-3-5-11(9)15-13(18)17-14-16-12(8-19-14)10-6-7-10/h8-11H,2-7H2,1H3,(H2,15,16,17,18). The second-order valence-corrected chi connectivity index (χ2v) is 6.68. The van der Waals surface area contributed by atoms with Gasteiger partial charge < -0.3 is 5.32 Å². The second kappa shape index (κ2) is 5.49. The Kier molecular flexibility index (Phi) is 3.73. The SMILES string of the molecule is CC1CCCCC1NC(=O)Nc1nc(C2CC2)cs1. The molecule has 0 spiro atoms. The zero-order chi connectivity index (χ0) is 13.2. The van der Waals surface area contributed by atoms with Crippen molar-refractivity contribution >= 4 is 22.5 Å². The number of urea groups is 1. The van der Waals surface area contributed by atoms with Crippen LogP contribution in [-0.2, 0) is 0 Å². The van der Waals surface area contributed by atoms with Gasteiger partial charge in [0, 0.05) is 17.3 Å². The molecule has 0 saturated heterocycles. The molecule has 1 aromatic heterocycles. The molecule has 1 heterocycles. The van der Waals surface area contributed by atoms with Gasteiger partial charge >= 0.3 is 6.03 Å². The number of nitrogens with one attached hydrogen (secondary N) is 2. The fraction of sp³-hybridized carbons (Fsp3) is 0.714. The molecule has 4 nitrogen and oxygen atoms in total. The van der Waals surface area contributed by atoms with Crippen molar-refractivity contribution in [1.82, 2.24) is 10.3 Å². The molecule has 2 saturated carbocycles. The van der Waals surface area contributed by atoms with Crippen LogP contribution in [0, 0.1) is 5.92 Å². The van der Waals surface area contributed by atoms with Gasteiger partial charge in [0.1, 0.15) is 0 Å². The van der Waals surface area contributed by atoms with E-state index < -0.39 is 0 Å². The number of thiazole rings is 1. The van der Waals surface area contributed by atoms with Crippen molar-refractivity contribution in [3.8, 4) is 0 Å². The molecular formula is C14H21N3OS. The van der Waals surface area contributed by atoms with Crippen LogP contribution in [-0.4, -0.2) is 17.1 Å². The van der Waals surface area contributed by atoms with E-state index in [1.54, 1.807) is 0 Å².